The van der Waals surface area contributed by atoms with E-state index in [0.717, 1.165) is 5.56 Å². The molecule has 0 aliphatic carbocycles. The number of benzene rings is 2. The molecule has 0 aromatic heterocycles. The largest absolute Gasteiger partial charge is 0.491 e. The van der Waals surface area contributed by atoms with Crippen molar-refractivity contribution in [1.29, 1.82) is 0 Å². The number of nitrogens with one attached hydrogen (secondary N) is 5. The quantitative estimate of drug-likeness (QED) is 0.0762. The van der Waals surface area contributed by atoms with Gasteiger partial charge in [0.25, 0.3) is 5.91 Å². The number of hydrogen-bond acceptors (Lipinski definition) is 8. The van der Waals surface area contributed by atoms with Gasteiger partial charge in [0, 0.05) is 19.5 Å². The van der Waals surface area contributed by atoms with E-state index < -0.39 is 54.4 Å². The number of ether oxygens (including phenoxy) is 1. The first-order valence-corrected chi connectivity index (χ1v) is 17.4. The third kappa shape index (κ3) is 14.3. The third-order valence-corrected chi connectivity index (χ3v) is 8.09. The summed E-state index contributed by atoms with van der Waals surface area (Å²) in [7, 11) is 0. The van der Waals surface area contributed by atoms with Crippen molar-refractivity contribution >= 4 is 35.5 Å². The van der Waals surface area contributed by atoms with Crippen LogP contribution < -0.4 is 42.8 Å². The van der Waals surface area contributed by atoms with Crippen LogP contribution in [-0.2, 0) is 25.6 Å². The minimum atomic E-state index is -1.40. The van der Waals surface area contributed by atoms with Crippen molar-refractivity contribution in [2.75, 3.05) is 26.3 Å². The summed E-state index contributed by atoms with van der Waals surface area (Å²) in [6.07, 6.45) is 2.48. The molecule has 0 spiro atoms. The summed E-state index contributed by atoms with van der Waals surface area (Å²) in [5, 5.41) is 23.9. The summed E-state index contributed by atoms with van der Waals surface area (Å²) < 4.78 is 6.10. The van der Waals surface area contributed by atoms with Gasteiger partial charge in [-0.05, 0) is 62.1 Å². The first-order valence-electron chi connectivity index (χ1n) is 17.4. The molecule has 0 bridgehead atoms. The third-order valence-electron chi connectivity index (χ3n) is 8.09. The molecule has 1 aliphatic heterocycles. The Balaban J connectivity index is 1.93. The molecule has 51 heavy (non-hydrogen) atoms. The highest BCUT2D eigenvalue weighted by Crippen LogP contribution is 2.19. The zero-order chi connectivity index (χ0) is 37.2. The van der Waals surface area contributed by atoms with E-state index in [-0.39, 0.29) is 55.1 Å². The molecular weight excluding hydrogens is 656 g/mol. The van der Waals surface area contributed by atoms with E-state index in [1.165, 1.54) is 6.07 Å². The molecule has 5 amide bonds. The Hall–Kier alpha value is -5.18. The first kappa shape index (κ1) is 40.3. The second-order valence-corrected chi connectivity index (χ2v) is 12.9. The highest BCUT2D eigenvalue weighted by molar-refractivity contribution is 6.00. The first-order chi connectivity index (χ1) is 24.5. The minimum Gasteiger partial charge on any atom is -0.491 e. The van der Waals surface area contributed by atoms with E-state index in [0.29, 0.717) is 38.6 Å². The van der Waals surface area contributed by atoms with Crippen LogP contribution in [0.2, 0.25) is 0 Å². The number of unbranched alkanes of at least 4 members (excludes halogenated alkanes) is 1. The number of fused-ring (bicyclic) bond motifs is 1. The molecule has 15 nitrogen and oxygen atoms in total. The van der Waals surface area contributed by atoms with Crippen molar-refractivity contribution in [1.82, 2.24) is 26.6 Å². The number of hydrogen-bond donors (Lipinski definition) is 8. The molecule has 0 unspecified atom stereocenters. The number of amides is 5. The number of aliphatic hydroxyl groups is 1. The second-order valence-electron chi connectivity index (χ2n) is 12.9. The maximum atomic E-state index is 14.0. The Morgan fingerprint density at radius 3 is 2.16 bits per heavy atom. The van der Waals surface area contributed by atoms with Gasteiger partial charge >= 0.3 is 0 Å². The Morgan fingerprint density at radius 1 is 0.863 bits per heavy atom. The fraction of sp³-hybridized carbons (Fsp3) is 0.500. The van der Waals surface area contributed by atoms with Gasteiger partial charge in [0.15, 0.2) is 5.96 Å². The summed E-state index contributed by atoms with van der Waals surface area (Å²) >= 11 is 0. The van der Waals surface area contributed by atoms with Crippen molar-refractivity contribution in [2.24, 2.45) is 22.4 Å². The molecule has 1 heterocycles. The molecule has 0 radical (unpaired) electrons. The maximum Gasteiger partial charge on any atom is 0.255 e. The van der Waals surface area contributed by atoms with Crippen molar-refractivity contribution in [3.05, 3.63) is 65.7 Å². The van der Waals surface area contributed by atoms with Gasteiger partial charge in [0.1, 0.15) is 30.5 Å². The normalized spacial score (nSPS) is 20.2. The standard InChI is InChI=1S/C36H52N8O7/c1-23(2)19-31(46)39-17-9-8-14-27-33(48)41-25(20-24-11-4-3-5-12-24)22-51-30-16-7-6-13-26(30)32(47)44-29(21-45)35(50)43-28(34(49)42-27)15-10-18-40-36(37)38/h3-7,11-13,16,23,25,27-29,45H,8-10,14-15,17-22H2,1-2H3,(H,39,46)(H,41,48)(H,42,49)(H,43,50)(H,44,47)(H4,37,38,40)/t25-,27-,28-,29-/m0/s1. The van der Waals surface area contributed by atoms with E-state index in [2.05, 4.69) is 31.6 Å². The number of guanidine groups is 1. The predicted octanol–water partition coefficient (Wildman–Crippen LogP) is 0.253. The van der Waals surface area contributed by atoms with Crippen molar-refractivity contribution in [3.63, 3.8) is 0 Å². The molecule has 3 rings (SSSR count). The minimum absolute atomic E-state index is 0.0230. The van der Waals surface area contributed by atoms with Crippen molar-refractivity contribution in [2.45, 2.75) is 83.0 Å². The van der Waals surface area contributed by atoms with Gasteiger partial charge in [0.05, 0.1) is 18.2 Å². The summed E-state index contributed by atoms with van der Waals surface area (Å²) in [5.41, 5.74) is 11.9. The van der Waals surface area contributed by atoms with Crippen LogP contribution in [0.4, 0.5) is 0 Å². The van der Waals surface area contributed by atoms with Gasteiger partial charge in [-0.2, -0.15) is 0 Å². The molecule has 1 aliphatic rings. The van der Waals surface area contributed by atoms with Crippen LogP contribution in [0.25, 0.3) is 0 Å². The number of nitrogens with two attached hydrogens (primary N) is 2. The SMILES string of the molecule is CC(C)CC(=O)NCCCC[C@@H]1NC(=O)[C@H](CCCN=C(N)N)NC(=O)[C@H](CO)NC(=O)c2ccccc2OC[C@H](Cc2ccccc2)NC1=O. The Bertz CT molecular complexity index is 1480. The Labute approximate surface area is 298 Å². The van der Waals surface area contributed by atoms with E-state index in [1.54, 1.807) is 18.2 Å². The smallest absolute Gasteiger partial charge is 0.255 e. The lowest BCUT2D eigenvalue weighted by atomic mass is 10.0. The fourth-order valence-electron chi connectivity index (χ4n) is 5.48. The molecule has 278 valence electrons. The monoisotopic (exact) mass is 708 g/mol. The number of rotatable bonds is 14. The summed E-state index contributed by atoms with van der Waals surface area (Å²) in [6.45, 7) is 3.74. The number of para-hydroxylation sites is 1. The zero-order valence-corrected chi connectivity index (χ0v) is 29.4. The lowest BCUT2D eigenvalue weighted by Crippen LogP contribution is -2.58. The lowest BCUT2D eigenvalue weighted by Gasteiger charge is -2.27. The predicted molar refractivity (Wildman–Crippen MR) is 192 cm³/mol. The topological polar surface area (TPSA) is 239 Å². The van der Waals surface area contributed by atoms with Crippen LogP contribution in [0.1, 0.15) is 68.3 Å². The van der Waals surface area contributed by atoms with Gasteiger partial charge < -0.3 is 47.9 Å². The van der Waals surface area contributed by atoms with Crippen LogP contribution in [0.5, 0.6) is 5.75 Å². The molecular formula is C36H52N8O7. The van der Waals surface area contributed by atoms with Crippen LogP contribution in [0.3, 0.4) is 0 Å². The van der Waals surface area contributed by atoms with Crippen LogP contribution >= 0.6 is 0 Å². The van der Waals surface area contributed by atoms with Gasteiger partial charge in [-0.3, -0.25) is 29.0 Å². The van der Waals surface area contributed by atoms with E-state index in [1.807, 2.05) is 44.2 Å². The molecule has 2 aromatic rings. The second kappa shape index (κ2) is 21.1. The van der Waals surface area contributed by atoms with Gasteiger partial charge in [-0.25, -0.2) is 0 Å². The van der Waals surface area contributed by atoms with Crippen LogP contribution in [-0.4, -0.2) is 91.1 Å². The number of nitrogens with zero attached hydrogens (tertiary/aromatic N) is 1. The zero-order valence-electron chi connectivity index (χ0n) is 29.4. The molecule has 0 saturated carbocycles. The molecule has 15 heteroatoms. The van der Waals surface area contributed by atoms with E-state index in [4.69, 9.17) is 16.2 Å². The van der Waals surface area contributed by atoms with E-state index >= 15 is 0 Å². The van der Waals surface area contributed by atoms with Gasteiger partial charge in [-0.15, -0.1) is 0 Å². The lowest BCUT2D eigenvalue weighted by molar-refractivity contribution is -0.133. The number of aliphatic imine (C=N–C) groups is 1. The Morgan fingerprint density at radius 2 is 1.49 bits per heavy atom. The molecule has 0 saturated heterocycles. The number of carbonyl (C=O) groups is 5. The highest BCUT2D eigenvalue weighted by Gasteiger charge is 2.31. The van der Waals surface area contributed by atoms with Gasteiger partial charge in [-0.1, -0.05) is 56.3 Å². The molecule has 4 atom stereocenters. The summed E-state index contributed by atoms with van der Waals surface area (Å²) in [5.74, 6) is -2.33. The highest BCUT2D eigenvalue weighted by atomic mass is 16.5. The van der Waals surface area contributed by atoms with Crippen LogP contribution in [0, 0.1) is 5.92 Å². The number of aliphatic hydroxyl groups excluding tert-OH is 1. The van der Waals surface area contributed by atoms with Gasteiger partial charge in [0.2, 0.25) is 23.6 Å². The molecule has 0 fully saturated rings. The summed E-state index contributed by atoms with van der Waals surface area (Å²) in [6, 6.07) is 11.8. The number of carbonyl (C=O) groups excluding carboxylic acids is 5. The Kier molecular flexibility index (Phi) is 16.7. The molecule has 10 N–H and O–H groups in total. The van der Waals surface area contributed by atoms with Crippen molar-refractivity contribution in [3.8, 4) is 5.75 Å². The summed E-state index contributed by atoms with van der Waals surface area (Å²) in [4.78, 5) is 70.5. The van der Waals surface area contributed by atoms with Crippen molar-refractivity contribution < 1.29 is 33.8 Å². The fourth-order valence-corrected chi connectivity index (χ4v) is 5.48. The molecule has 2 aromatic carbocycles. The average molecular weight is 709 g/mol. The maximum absolute atomic E-state index is 14.0. The van der Waals surface area contributed by atoms with E-state index in [9.17, 15) is 29.1 Å². The van der Waals surface area contributed by atoms with Crippen LogP contribution in [0.15, 0.2) is 59.6 Å². The average Bonchev–Trinajstić information content (AvgIpc) is 3.09.